The summed E-state index contributed by atoms with van der Waals surface area (Å²) in [5, 5.41) is 6.97. The second kappa shape index (κ2) is 8.33. The van der Waals surface area contributed by atoms with Crippen molar-refractivity contribution in [3.63, 3.8) is 0 Å². The molecule has 0 saturated carbocycles. The molecule has 0 spiro atoms. The van der Waals surface area contributed by atoms with Gasteiger partial charge in [0, 0.05) is 24.7 Å². The summed E-state index contributed by atoms with van der Waals surface area (Å²) in [7, 11) is 3.21. The third-order valence-electron chi connectivity index (χ3n) is 6.03. The Hall–Kier alpha value is -2.49. The molecule has 1 N–H and O–H groups in total. The zero-order valence-corrected chi connectivity index (χ0v) is 17.0. The van der Waals surface area contributed by atoms with Crippen LogP contribution < -0.4 is 14.8 Å². The molecule has 0 amide bonds. The van der Waals surface area contributed by atoms with Crippen LogP contribution in [0.3, 0.4) is 0 Å². The van der Waals surface area contributed by atoms with Crippen molar-refractivity contribution in [3.05, 3.63) is 30.1 Å². The molecule has 10 heteroatoms. The summed E-state index contributed by atoms with van der Waals surface area (Å²) in [4.78, 5) is 6.26. The summed E-state index contributed by atoms with van der Waals surface area (Å²) in [5.74, 6) is 1.65. The van der Waals surface area contributed by atoms with Gasteiger partial charge in [0.1, 0.15) is 6.33 Å². The first-order valence-corrected chi connectivity index (χ1v) is 10.1. The van der Waals surface area contributed by atoms with E-state index in [1.807, 2.05) is 18.2 Å². The van der Waals surface area contributed by atoms with E-state index in [2.05, 4.69) is 20.3 Å². The van der Waals surface area contributed by atoms with E-state index >= 15 is 0 Å². The van der Waals surface area contributed by atoms with E-state index in [1.54, 1.807) is 14.2 Å². The van der Waals surface area contributed by atoms with Gasteiger partial charge in [-0.15, -0.1) is 0 Å². The highest BCUT2D eigenvalue weighted by Gasteiger charge is 2.48. The molecule has 1 saturated heterocycles. The number of benzene rings is 1. The molecule has 2 aromatic rings. The van der Waals surface area contributed by atoms with Crippen molar-refractivity contribution in [1.29, 1.82) is 0 Å². The number of para-hydroxylation sites is 1. The summed E-state index contributed by atoms with van der Waals surface area (Å²) in [6.07, 6.45) is -1.42. The van der Waals surface area contributed by atoms with Gasteiger partial charge < -0.3 is 14.8 Å². The number of nitrogens with one attached hydrogen (secondary N) is 1. The number of rotatable bonds is 5. The maximum atomic E-state index is 13.6. The van der Waals surface area contributed by atoms with Gasteiger partial charge in [0.15, 0.2) is 17.5 Å². The fraction of sp³-hybridized carbons (Fsp3) is 0.600. The fourth-order valence-corrected chi connectivity index (χ4v) is 4.61. The molecule has 1 aromatic heterocycles. The minimum absolute atomic E-state index is 0.0408. The van der Waals surface area contributed by atoms with Gasteiger partial charge in [-0.2, -0.15) is 23.3 Å². The monoisotopic (exact) mass is 425 g/mol. The van der Waals surface area contributed by atoms with E-state index in [9.17, 15) is 13.2 Å². The predicted molar refractivity (Wildman–Crippen MR) is 105 cm³/mol. The van der Waals surface area contributed by atoms with Crippen LogP contribution in [0, 0.1) is 5.92 Å². The van der Waals surface area contributed by atoms with Crippen molar-refractivity contribution in [3.8, 4) is 11.5 Å². The summed E-state index contributed by atoms with van der Waals surface area (Å²) >= 11 is 0. The average Bonchev–Trinajstić information content (AvgIpc) is 3.21. The first kappa shape index (κ1) is 20.8. The molecule has 7 nitrogen and oxygen atoms in total. The average molecular weight is 425 g/mol. The molecule has 4 rings (SSSR count). The minimum Gasteiger partial charge on any atom is -0.493 e. The van der Waals surface area contributed by atoms with Gasteiger partial charge in [-0.05, 0) is 37.8 Å². The van der Waals surface area contributed by atoms with E-state index in [-0.39, 0.29) is 24.3 Å². The van der Waals surface area contributed by atoms with Crippen molar-refractivity contribution in [2.24, 2.45) is 5.92 Å². The van der Waals surface area contributed by atoms with Crippen LogP contribution in [-0.2, 0) is 6.54 Å². The molecular formula is C20H26F3N5O2. The minimum atomic E-state index is -4.36. The second-order valence-corrected chi connectivity index (χ2v) is 7.86. The lowest BCUT2D eigenvalue weighted by Crippen LogP contribution is -2.47. The molecule has 164 valence electrons. The molecule has 3 atom stereocenters. The number of alkyl halides is 3. The Balaban J connectivity index is 1.49. The Kier molecular flexibility index (Phi) is 5.77. The van der Waals surface area contributed by atoms with Crippen molar-refractivity contribution in [2.45, 2.75) is 44.1 Å². The van der Waals surface area contributed by atoms with Crippen LogP contribution in [0.4, 0.5) is 19.1 Å². The largest absolute Gasteiger partial charge is 0.493 e. The third kappa shape index (κ3) is 4.05. The lowest BCUT2D eigenvalue weighted by molar-refractivity contribution is -0.174. The summed E-state index contributed by atoms with van der Waals surface area (Å²) in [5.41, 5.74) is 1.00. The molecule has 1 unspecified atom stereocenters. The van der Waals surface area contributed by atoms with E-state index < -0.39 is 12.2 Å². The summed E-state index contributed by atoms with van der Waals surface area (Å²) < 4.78 is 52.7. The van der Waals surface area contributed by atoms with Gasteiger partial charge in [-0.25, -0.2) is 4.68 Å². The topological polar surface area (TPSA) is 64.4 Å². The molecule has 3 heterocycles. The number of hydrogen-bond acceptors (Lipinski definition) is 6. The number of halogens is 3. The number of nitrogens with zero attached hydrogens (tertiary/aromatic N) is 4. The molecule has 2 aliphatic rings. The normalized spacial score (nSPS) is 24.8. The maximum Gasteiger partial charge on any atom is 0.411 e. The summed E-state index contributed by atoms with van der Waals surface area (Å²) in [6, 6.07) is 3.81. The number of likely N-dealkylation sites (tertiary alicyclic amines) is 1. The van der Waals surface area contributed by atoms with Crippen LogP contribution in [0.15, 0.2) is 24.5 Å². The Bertz CT molecular complexity index is 872. The number of hydrogen-bond donors (Lipinski definition) is 1. The van der Waals surface area contributed by atoms with Crippen molar-refractivity contribution >= 4 is 5.95 Å². The van der Waals surface area contributed by atoms with Crippen LogP contribution in [0.25, 0.3) is 0 Å². The molecular weight excluding hydrogens is 399 g/mol. The van der Waals surface area contributed by atoms with Crippen molar-refractivity contribution in [1.82, 2.24) is 19.7 Å². The van der Waals surface area contributed by atoms with Crippen LogP contribution in [0.2, 0.25) is 0 Å². The fourth-order valence-electron chi connectivity index (χ4n) is 4.61. The molecule has 1 aromatic carbocycles. The Morgan fingerprint density at radius 1 is 1.23 bits per heavy atom. The number of anilines is 1. The molecule has 2 aliphatic heterocycles. The maximum absolute atomic E-state index is 13.6. The highest BCUT2D eigenvalue weighted by atomic mass is 19.4. The number of methoxy groups -OCH3 is 2. The standard InChI is InChI=1S/C20H26F3N5O2/c1-29-16-7-3-5-14(18(16)30-2)11-27-8-4-6-13(10-27)15-9-17(20(21,22)23)28-19(26-15)24-12-25-28/h3,5,7,12-13,15,17H,4,6,8-11H2,1-2H3,(H,24,25,26)/t13?,15-,17+/m0/s1. The van der Waals surface area contributed by atoms with E-state index in [0.29, 0.717) is 24.6 Å². The number of aromatic nitrogens is 3. The highest BCUT2D eigenvalue weighted by Crippen LogP contribution is 2.41. The lowest BCUT2D eigenvalue weighted by atomic mass is 9.86. The zero-order valence-electron chi connectivity index (χ0n) is 17.0. The Labute approximate surface area is 173 Å². The quantitative estimate of drug-likeness (QED) is 0.791. The van der Waals surface area contributed by atoms with Gasteiger partial charge in [0.25, 0.3) is 0 Å². The molecule has 30 heavy (non-hydrogen) atoms. The smallest absolute Gasteiger partial charge is 0.411 e. The van der Waals surface area contributed by atoms with E-state index in [4.69, 9.17) is 9.47 Å². The third-order valence-corrected chi connectivity index (χ3v) is 6.03. The number of ether oxygens (including phenoxy) is 2. The Morgan fingerprint density at radius 2 is 2.07 bits per heavy atom. The summed E-state index contributed by atoms with van der Waals surface area (Å²) in [6.45, 7) is 2.25. The zero-order chi connectivity index (χ0) is 21.3. The first-order valence-electron chi connectivity index (χ1n) is 10.1. The van der Waals surface area contributed by atoms with Crippen LogP contribution >= 0.6 is 0 Å². The van der Waals surface area contributed by atoms with E-state index in [0.717, 1.165) is 29.6 Å². The van der Waals surface area contributed by atoms with Crippen LogP contribution in [-0.4, -0.2) is 59.2 Å². The first-order chi connectivity index (χ1) is 14.4. The van der Waals surface area contributed by atoms with E-state index in [1.165, 1.54) is 6.33 Å². The van der Waals surface area contributed by atoms with Crippen LogP contribution in [0.1, 0.15) is 30.9 Å². The predicted octanol–water partition coefficient (Wildman–Crippen LogP) is 3.50. The Morgan fingerprint density at radius 3 is 2.80 bits per heavy atom. The SMILES string of the molecule is COc1cccc(CN2CCCC([C@@H]3C[C@H](C(F)(F)F)n4ncnc4N3)C2)c1OC. The lowest BCUT2D eigenvalue weighted by Gasteiger charge is -2.41. The van der Waals surface area contributed by atoms with Crippen molar-refractivity contribution < 1.29 is 22.6 Å². The molecule has 0 radical (unpaired) electrons. The van der Waals surface area contributed by atoms with Crippen molar-refractivity contribution in [2.75, 3.05) is 32.6 Å². The van der Waals surface area contributed by atoms with Gasteiger partial charge in [0.2, 0.25) is 5.95 Å². The van der Waals surface area contributed by atoms with Gasteiger partial charge >= 0.3 is 6.18 Å². The van der Waals surface area contributed by atoms with Gasteiger partial charge in [-0.1, -0.05) is 12.1 Å². The second-order valence-electron chi connectivity index (χ2n) is 7.86. The number of fused-ring (bicyclic) bond motifs is 1. The van der Waals surface area contributed by atoms with Crippen LogP contribution in [0.5, 0.6) is 11.5 Å². The molecule has 0 aliphatic carbocycles. The molecule has 0 bridgehead atoms. The van der Waals surface area contributed by atoms with Gasteiger partial charge in [-0.3, -0.25) is 4.90 Å². The number of piperidine rings is 1. The molecule has 1 fully saturated rings. The highest BCUT2D eigenvalue weighted by molar-refractivity contribution is 5.46. The van der Waals surface area contributed by atoms with Gasteiger partial charge in [0.05, 0.1) is 14.2 Å².